The molecule has 0 amide bonds. The van der Waals surface area contributed by atoms with E-state index in [4.69, 9.17) is 0 Å². The largest absolute Gasteiger partial charge is 0.387 e. The Morgan fingerprint density at radius 2 is 2.32 bits per heavy atom. The maximum Gasteiger partial charge on any atom is 0.123 e. The van der Waals surface area contributed by atoms with E-state index in [2.05, 4.69) is 28.9 Å². The van der Waals surface area contributed by atoms with Gasteiger partial charge in [0.1, 0.15) is 5.82 Å². The SMILES string of the molecule is CC1CCCC(C#N)(C(O)c2cc(F)ccc2Br)C1. The third kappa shape index (κ3) is 2.82. The van der Waals surface area contributed by atoms with Gasteiger partial charge in [-0.2, -0.15) is 5.26 Å². The molecule has 1 saturated carbocycles. The molecule has 3 unspecified atom stereocenters. The van der Waals surface area contributed by atoms with E-state index in [1.54, 1.807) is 6.07 Å². The molecule has 0 spiro atoms. The van der Waals surface area contributed by atoms with Gasteiger partial charge in [-0.05, 0) is 42.5 Å². The molecule has 1 aromatic carbocycles. The average Bonchev–Trinajstić information content (AvgIpc) is 2.40. The number of rotatable bonds is 2. The molecular formula is C15H17BrFNO. The van der Waals surface area contributed by atoms with E-state index in [0.717, 1.165) is 12.8 Å². The van der Waals surface area contributed by atoms with Gasteiger partial charge in [0.15, 0.2) is 0 Å². The third-order valence-corrected chi connectivity index (χ3v) is 4.75. The molecule has 0 heterocycles. The van der Waals surface area contributed by atoms with Crippen LogP contribution in [-0.2, 0) is 0 Å². The van der Waals surface area contributed by atoms with Crippen LogP contribution in [-0.4, -0.2) is 5.11 Å². The monoisotopic (exact) mass is 325 g/mol. The van der Waals surface area contributed by atoms with Gasteiger partial charge in [-0.3, -0.25) is 0 Å². The van der Waals surface area contributed by atoms with E-state index in [1.807, 2.05) is 0 Å². The number of aliphatic hydroxyl groups is 1. The van der Waals surface area contributed by atoms with Crippen LogP contribution in [0.15, 0.2) is 22.7 Å². The summed E-state index contributed by atoms with van der Waals surface area (Å²) in [6.07, 6.45) is 2.38. The van der Waals surface area contributed by atoms with Crippen LogP contribution in [0.1, 0.15) is 44.3 Å². The fourth-order valence-corrected chi connectivity index (χ4v) is 3.49. The van der Waals surface area contributed by atoms with Crippen molar-refractivity contribution in [3.63, 3.8) is 0 Å². The van der Waals surface area contributed by atoms with Crippen LogP contribution in [0.4, 0.5) is 4.39 Å². The van der Waals surface area contributed by atoms with Gasteiger partial charge in [-0.15, -0.1) is 0 Å². The molecule has 2 nitrogen and oxygen atoms in total. The van der Waals surface area contributed by atoms with Crippen LogP contribution in [0.25, 0.3) is 0 Å². The van der Waals surface area contributed by atoms with Gasteiger partial charge in [0.05, 0.1) is 17.6 Å². The summed E-state index contributed by atoms with van der Waals surface area (Å²) in [5.74, 6) is 0.0181. The quantitative estimate of drug-likeness (QED) is 0.878. The van der Waals surface area contributed by atoms with Crippen molar-refractivity contribution in [2.45, 2.75) is 38.7 Å². The van der Waals surface area contributed by atoms with E-state index in [1.165, 1.54) is 12.1 Å². The van der Waals surface area contributed by atoms with Gasteiger partial charge in [-0.1, -0.05) is 35.7 Å². The first kappa shape index (κ1) is 14.5. The molecular weight excluding hydrogens is 309 g/mol. The van der Waals surface area contributed by atoms with Crippen molar-refractivity contribution in [3.05, 3.63) is 34.1 Å². The smallest absolute Gasteiger partial charge is 0.123 e. The summed E-state index contributed by atoms with van der Waals surface area (Å²) < 4.78 is 14.0. The van der Waals surface area contributed by atoms with Crippen molar-refractivity contribution in [3.8, 4) is 6.07 Å². The van der Waals surface area contributed by atoms with E-state index in [-0.39, 0.29) is 0 Å². The third-order valence-electron chi connectivity index (χ3n) is 4.03. The summed E-state index contributed by atoms with van der Waals surface area (Å²) >= 11 is 3.33. The van der Waals surface area contributed by atoms with Gasteiger partial charge in [-0.25, -0.2) is 4.39 Å². The van der Waals surface area contributed by atoms with Crippen LogP contribution in [0, 0.1) is 28.5 Å². The Morgan fingerprint density at radius 3 is 2.95 bits per heavy atom. The van der Waals surface area contributed by atoms with Crippen LogP contribution in [0.5, 0.6) is 0 Å². The first-order valence-corrected chi connectivity index (χ1v) is 7.32. The number of aliphatic hydroxyl groups excluding tert-OH is 1. The number of nitrogens with zero attached hydrogens (tertiary/aromatic N) is 1. The fourth-order valence-electron chi connectivity index (χ4n) is 3.02. The van der Waals surface area contributed by atoms with Crippen LogP contribution < -0.4 is 0 Å². The first-order chi connectivity index (χ1) is 8.98. The van der Waals surface area contributed by atoms with Crippen LogP contribution in [0.2, 0.25) is 0 Å². The standard InChI is InChI=1S/C15H17BrFNO/c1-10-3-2-6-15(8-10,9-18)14(19)12-7-11(17)4-5-13(12)16/h4-5,7,10,14,19H,2-3,6,8H2,1H3. The second-order valence-electron chi connectivity index (χ2n) is 5.54. The highest BCUT2D eigenvalue weighted by Crippen LogP contribution is 2.48. The Kier molecular flexibility index (Phi) is 4.27. The first-order valence-electron chi connectivity index (χ1n) is 6.53. The number of benzene rings is 1. The minimum atomic E-state index is -0.953. The normalized spacial score (nSPS) is 28.7. The van der Waals surface area contributed by atoms with Gasteiger partial charge >= 0.3 is 0 Å². The highest BCUT2D eigenvalue weighted by atomic mass is 79.9. The Balaban J connectivity index is 2.38. The van der Waals surface area contributed by atoms with E-state index in [9.17, 15) is 14.8 Å². The highest BCUT2D eigenvalue weighted by molar-refractivity contribution is 9.10. The van der Waals surface area contributed by atoms with Gasteiger partial charge in [0, 0.05) is 4.47 Å². The predicted octanol–water partition coefficient (Wildman–Crippen LogP) is 4.34. The summed E-state index contributed by atoms with van der Waals surface area (Å²) in [4.78, 5) is 0. The lowest BCUT2D eigenvalue weighted by Gasteiger charge is -2.38. The maximum atomic E-state index is 13.4. The van der Waals surface area contributed by atoms with Crippen molar-refractivity contribution in [2.24, 2.45) is 11.3 Å². The molecule has 2 rings (SSSR count). The number of hydrogen-bond donors (Lipinski definition) is 1. The van der Waals surface area contributed by atoms with Crippen molar-refractivity contribution in [2.75, 3.05) is 0 Å². The molecule has 0 aromatic heterocycles. The number of hydrogen-bond acceptors (Lipinski definition) is 2. The minimum Gasteiger partial charge on any atom is -0.387 e. The summed E-state index contributed by atoms with van der Waals surface area (Å²) in [6.45, 7) is 2.10. The van der Waals surface area contributed by atoms with Crippen molar-refractivity contribution < 1.29 is 9.50 Å². The molecule has 19 heavy (non-hydrogen) atoms. The second kappa shape index (κ2) is 5.60. The molecule has 1 fully saturated rings. The molecule has 0 bridgehead atoms. The summed E-state index contributed by atoms with van der Waals surface area (Å²) in [5, 5.41) is 20.1. The minimum absolute atomic E-state index is 0.394. The molecule has 102 valence electrons. The van der Waals surface area contributed by atoms with Gasteiger partial charge in [0.25, 0.3) is 0 Å². The zero-order valence-corrected chi connectivity index (χ0v) is 12.5. The van der Waals surface area contributed by atoms with Crippen LogP contribution >= 0.6 is 15.9 Å². The molecule has 0 aliphatic heterocycles. The Morgan fingerprint density at radius 1 is 1.58 bits per heavy atom. The van der Waals surface area contributed by atoms with E-state index >= 15 is 0 Å². The second-order valence-corrected chi connectivity index (χ2v) is 6.39. The Labute approximate surface area is 121 Å². The highest BCUT2D eigenvalue weighted by Gasteiger charge is 2.43. The predicted molar refractivity (Wildman–Crippen MR) is 74.7 cm³/mol. The average molecular weight is 326 g/mol. The fraction of sp³-hybridized carbons (Fsp3) is 0.533. The molecule has 1 N–H and O–H groups in total. The van der Waals surface area contributed by atoms with E-state index < -0.39 is 17.3 Å². The summed E-state index contributed by atoms with van der Waals surface area (Å²) in [6, 6.07) is 6.52. The molecule has 3 atom stereocenters. The van der Waals surface area contributed by atoms with Crippen molar-refractivity contribution >= 4 is 15.9 Å². The lowest BCUT2D eigenvalue weighted by molar-refractivity contribution is 0.0212. The Bertz CT molecular complexity index is 513. The van der Waals surface area contributed by atoms with Gasteiger partial charge < -0.3 is 5.11 Å². The maximum absolute atomic E-state index is 13.4. The zero-order chi connectivity index (χ0) is 14.0. The topological polar surface area (TPSA) is 44.0 Å². The van der Waals surface area contributed by atoms with E-state index in [0.29, 0.717) is 28.8 Å². The molecule has 1 aromatic rings. The van der Waals surface area contributed by atoms with Crippen LogP contribution in [0.3, 0.4) is 0 Å². The summed E-state index contributed by atoms with van der Waals surface area (Å²) in [5.41, 5.74) is -0.329. The summed E-state index contributed by atoms with van der Waals surface area (Å²) in [7, 11) is 0. The molecule has 1 aliphatic carbocycles. The number of nitriles is 1. The zero-order valence-electron chi connectivity index (χ0n) is 10.9. The van der Waals surface area contributed by atoms with Crippen molar-refractivity contribution in [1.82, 2.24) is 0 Å². The molecule has 0 radical (unpaired) electrons. The van der Waals surface area contributed by atoms with Crippen molar-refractivity contribution in [1.29, 1.82) is 5.26 Å². The van der Waals surface area contributed by atoms with Gasteiger partial charge in [0.2, 0.25) is 0 Å². The molecule has 4 heteroatoms. The lowest BCUT2D eigenvalue weighted by atomic mass is 9.66. The molecule has 1 aliphatic rings. The number of halogens is 2. The molecule has 0 saturated heterocycles. The Hall–Kier alpha value is -0.920. The lowest BCUT2D eigenvalue weighted by Crippen LogP contribution is -2.33.